The van der Waals surface area contributed by atoms with E-state index in [2.05, 4.69) is 15.5 Å². The van der Waals surface area contributed by atoms with Crippen molar-refractivity contribution in [2.24, 2.45) is 0 Å². The molecule has 6 nitrogen and oxygen atoms in total. The number of amides is 2. The number of morpholine rings is 1. The van der Waals surface area contributed by atoms with E-state index in [9.17, 15) is 9.00 Å². The van der Waals surface area contributed by atoms with Crippen LogP contribution in [0.1, 0.15) is 17.2 Å². The van der Waals surface area contributed by atoms with E-state index < -0.39 is 10.8 Å². The Morgan fingerprint density at radius 3 is 2.62 bits per heavy atom. The van der Waals surface area contributed by atoms with Gasteiger partial charge in [0, 0.05) is 28.7 Å². The van der Waals surface area contributed by atoms with E-state index in [0.29, 0.717) is 29.6 Å². The number of carbonyl (C=O) groups excluding carboxylic acids is 1. The van der Waals surface area contributed by atoms with E-state index in [1.54, 1.807) is 0 Å². The van der Waals surface area contributed by atoms with Crippen LogP contribution in [-0.2, 0) is 21.3 Å². The molecule has 0 spiro atoms. The molecule has 8 heteroatoms. The minimum absolute atomic E-state index is 0.190. The maximum Gasteiger partial charge on any atom is 0.319 e. The number of ether oxygens (including phenoxy) is 1. The van der Waals surface area contributed by atoms with Gasteiger partial charge in [0.1, 0.15) is 0 Å². The number of nitrogens with zero attached hydrogens (tertiary/aromatic N) is 1. The second-order valence-electron chi connectivity index (χ2n) is 8.30. The summed E-state index contributed by atoms with van der Waals surface area (Å²) in [5.74, 6) is 0.372. The molecule has 2 N–H and O–H groups in total. The van der Waals surface area contributed by atoms with Gasteiger partial charge in [-0.15, -0.1) is 0 Å². The Kier molecular flexibility index (Phi) is 8.34. The molecule has 4 rings (SSSR count). The van der Waals surface area contributed by atoms with Crippen LogP contribution in [0.2, 0.25) is 5.02 Å². The number of rotatable bonds is 7. The molecule has 0 bridgehead atoms. The minimum Gasteiger partial charge on any atom is -0.373 e. The topological polar surface area (TPSA) is 70.7 Å². The summed E-state index contributed by atoms with van der Waals surface area (Å²) >= 11 is 6.07. The van der Waals surface area contributed by atoms with E-state index in [4.69, 9.17) is 16.3 Å². The largest absolute Gasteiger partial charge is 0.373 e. The summed E-state index contributed by atoms with van der Waals surface area (Å²) in [6.45, 7) is 2.16. The molecule has 3 aromatic carbocycles. The lowest BCUT2D eigenvalue weighted by atomic mass is 10.00. The predicted octanol–water partition coefficient (Wildman–Crippen LogP) is 4.84. The van der Waals surface area contributed by atoms with Crippen molar-refractivity contribution in [2.45, 2.75) is 22.8 Å². The highest BCUT2D eigenvalue weighted by Gasteiger charge is 2.29. The molecule has 1 fully saturated rings. The van der Waals surface area contributed by atoms with Crippen molar-refractivity contribution < 1.29 is 13.7 Å². The number of hydrogen-bond donors (Lipinski definition) is 2. The lowest BCUT2D eigenvalue weighted by Crippen LogP contribution is -2.48. The van der Waals surface area contributed by atoms with E-state index in [1.807, 2.05) is 85.9 Å². The van der Waals surface area contributed by atoms with Crippen molar-refractivity contribution >= 4 is 34.1 Å². The maximum absolute atomic E-state index is 13.0. The molecule has 3 atom stereocenters. The van der Waals surface area contributed by atoms with Gasteiger partial charge in [-0.2, -0.15) is 0 Å². The highest BCUT2D eigenvalue weighted by atomic mass is 35.5. The Balaban J connectivity index is 1.44. The van der Waals surface area contributed by atoms with Crippen molar-refractivity contribution in [2.75, 3.05) is 32.1 Å². The summed E-state index contributed by atoms with van der Waals surface area (Å²) in [4.78, 5) is 15.9. The third-order valence-electron chi connectivity index (χ3n) is 5.67. The van der Waals surface area contributed by atoms with Gasteiger partial charge in [0.25, 0.3) is 0 Å². The van der Waals surface area contributed by atoms with Crippen molar-refractivity contribution in [3.05, 3.63) is 95.0 Å². The first kappa shape index (κ1) is 24.4. The molecule has 3 aromatic rings. The molecular weight excluding hydrogens is 470 g/mol. The van der Waals surface area contributed by atoms with Gasteiger partial charge >= 0.3 is 6.03 Å². The lowest BCUT2D eigenvalue weighted by molar-refractivity contribution is -0.0369. The highest BCUT2D eigenvalue weighted by Crippen LogP contribution is 2.24. The van der Waals surface area contributed by atoms with Gasteiger partial charge < -0.3 is 20.3 Å². The number of hydrogen-bond acceptors (Lipinski definition) is 4. The van der Waals surface area contributed by atoms with Crippen LogP contribution in [0.3, 0.4) is 0 Å². The molecule has 1 aliphatic rings. The predicted molar refractivity (Wildman–Crippen MR) is 137 cm³/mol. The Labute approximate surface area is 207 Å². The molecule has 1 aliphatic heterocycles. The van der Waals surface area contributed by atoms with Crippen LogP contribution in [0.25, 0.3) is 0 Å². The normalized spacial score (nSPS) is 18.1. The number of anilines is 1. The average Bonchev–Trinajstić information content (AvgIpc) is 2.84. The fourth-order valence-corrected chi connectivity index (χ4v) is 5.16. The first-order chi connectivity index (χ1) is 16.5. The fourth-order valence-electron chi connectivity index (χ4n) is 3.93. The van der Waals surface area contributed by atoms with Gasteiger partial charge in [-0.05, 0) is 54.6 Å². The molecule has 34 heavy (non-hydrogen) atoms. The number of halogens is 1. The summed E-state index contributed by atoms with van der Waals surface area (Å²) in [7, 11) is 0.883. The van der Waals surface area contributed by atoms with E-state index >= 15 is 0 Å². The van der Waals surface area contributed by atoms with Crippen molar-refractivity contribution in [3.63, 3.8) is 0 Å². The summed E-state index contributed by atoms with van der Waals surface area (Å²) in [6, 6.07) is 23.5. The molecule has 0 saturated carbocycles. The molecule has 0 aromatic heterocycles. The lowest BCUT2D eigenvalue weighted by Gasteiger charge is -2.35. The number of carbonyl (C=O) groups is 1. The van der Waals surface area contributed by atoms with Gasteiger partial charge in [0.05, 0.1) is 35.3 Å². The number of urea groups is 1. The first-order valence-corrected chi connectivity index (χ1v) is 12.8. The quantitative estimate of drug-likeness (QED) is 0.490. The maximum atomic E-state index is 13.0. The van der Waals surface area contributed by atoms with Crippen LogP contribution in [-0.4, -0.2) is 48.0 Å². The summed E-state index contributed by atoms with van der Waals surface area (Å²) in [5.41, 5.74) is 2.44. The zero-order chi connectivity index (χ0) is 23.9. The zero-order valence-corrected chi connectivity index (χ0v) is 20.5. The van der Waals surface area contributed by atoms with Gasteiger partial charge in [-0.1, -0.05) is 54.1 Å². The van der Waals surface area contributed by atoms with Crippen LogP contribution in [0.15, 0.2) is 83.8 Å². The van der Waals surface area contributed by atoms with Gasteiger partial charge in [-0.3, -0.25) is 4.21 Å². The minimum atomic E-state index is -1.16. The first-order valence-electron chi connectivity index (χ1n) is 11.1. The van der Waals surface area contributed by atoms with Gasteiger partial charge in [0.2, 0.25) is 0 Å². The fraction of sp³-hybridized carbons (Fsp3) is 0.269. The zero-order valence-electron chi connectivity index (χ0n) is 18.9. The van der Waals surface area contributed by atoms with Crippen LogP contribution in [0.4, 0.5) is 10.5 Å². The van der Waals surface area contributed by atoms with Crippen molar-refractivity contribution in [3.8, 4) is 0 Å². The summed E-state index contributed by atoms with van der Waals surface area (Å²) in [6.07, 6.45) is -0.190. The summed E-state index contributed by atoms with van der Waals surface area (Å²) in [5, 5.41) is 6.62. The molecule has 178 valence electrons. The van der Waals surface area contributed by atoms with E-state index in [1.165, 1.54) is 0 Å². The SMILES string of the molecule is CN1CCOC(C(NC(=O)Nc2cccc(CS(=O)c3ccccc3)c2)c2ccc(Cl)cc2)C1. The highest BCUT2D eigenvalue weighted by molar-refractivity contribution is 7.84. The molecule has 1 heterocycles. The molecular formula is C26H28ClN3O3S. The molecule has 0 aliphatic carbocycles. The average molecular weight is 498 g/mol. The van der Waals surface area contributed by atoms with Gasteiger partial charge in [-0.25, -0.2) is 4.79 Å². The standard InChI is InChI=1S/C26H28ClN3O3S/c1-30-14-15-33-24(17-30)25(20-10-12-21(27)13-11-20)29-26(31)28-22-7-5-6-19(16-22)18-34(32)23-8-3-2-4-9-23/h2-13,16,24-25H,14-15,17-18H2,1H3,(H2,28,29,31). The smallest absolute Gasteiger partial charge is 0.319 e. The van der Waals surface area contributed by atoms with Gasteiger partial charge in [0.15, 0.2) is 0 Å². The molecule has 0 radical (unpaired) electrons. The third-order valence-corrected chi connectivity index (χ3v) is 7.32. The van der Waals surface area contributed by atoms with E-state index in [-0.39, 0.29) is 18.2 Å². The van der Waals surface area contributed by atoms with Crippen molar-refractivity contribution in [1.82, 2.24) is 10.2 Å². The number of likely N-dealkylation sites (N-methyl/N-ethyl adjacent to an activating group) is 1. The Morgan fingerprint density at radius 1 is 1.12 bits per heavy atom. The Morgan fingerprint density at radius 2 is 1.88 bits per heavy atom. The molecule has 3 unspecified atom stereocenters. The molecule has 2 amide bonds. The number of benzene rings is 3. The van der Waals surface area contributed by atoms with Crippen LogP contribution < -0.4 is 10.6 Å². The van der Waals surface area contributed by atoms with Crippen LogP contribution in [0, 0.1) is 0 Å². The Hall–Kier alpha value is -2.71. The monoisotopic (exact) mass is 497 g/mol. The summed E-state index contributed by atoms with van der Waals surface area (Å²) < 4.78 is 18.7. The van der Waals surface area contributed by atoms with E-state index in [0.717, 1.165) is 22.6 Å². The third kappa shape index (κ3) is 6.67. The van der Waals surface area contributed by atoms with Crippen molar-refractivity contribution in [1.29, 1.82) is 0 Å². The number of nitrogens with one attached hydrogen (secondary N) is 2. The Bertz CT molecular complexity index is 1130. The molecule has 1 saturated heterocycles. The van der Waals surface area contributed by atoms with Crippen LogP contribution >= 0.6 is 11.6 Å². The van der Waals surface area contributed by atoms with Crippen LogP contribution in [0.5, 0.6) is 0 Å². The second-order valence-corrected chi connectivity index (χ2v) is 10.2. The second kappa shape index (κ2) is 11.6.